The van der Waals surface area contributed by atoms with Crippen molar-refractivity contribution in [2.45, 2.75) is 40.4 Å². The molecule has 0 saturated carbocycles. The standard InChI is InChI=1S/C15H19NO2S/c1-9-7-13(11(3)17)5-6-14(9)18-8-15-16-10(2)12(4)19-15/h5-7,11,17H,8H2,1-4H3/t11-/m0/s1. The monoisotopic (exact) mass is 277 g/mol. The molecule has 0 amide bonds. The lowest BCUT2D eigenvalue weighted by Gasteiger charge is -2.11. The van der Waals surface area contributed by atoms with E-state index in [9.17, 15) is 5.11 Å². The van der Waals surface area contributed by atoms with E-state index in [0.29, 0.717) is 6.61 Å². The summed E-state index contributed by atoms with van der Waals surface area (Å²) in [5, 5.41) is 10.5. The topological polar surface area (TPSA) is 42.4 Å². The van der Waals surface area contributed by atoms with Crippen molar-refractivity contribution < 1.29 is 9.84 Å². The van der Waals surface area contributed by atoms with Gasteiger partial charge in [-0.3, -0.25) is 0 Å². The molecule has 102 valence electrons. The number of hydrogen-bond donors (Lipinski definition) is 1. The zero-order valence-corrected chi connectivity index (χ0v) is 12.5. The van der Waals surface area contributed by atoms with Gasteiger partial charge < -0.3 is 9.84 Å². The van der Waals surface area contributed by atoms with Crippen molar-refractivity contribution in [1.29, 1.82) is 0 Å². The van der Waals surface area contributed by atoms with E-state index in [-0.39, 0.29) is 0 Å². The minimum absolute atomic E-state index is 0.447. The molecule has 1 aromatic carbocycles. The van der Waals surface area contributed by atoms with Gasteiger partial charge in [0.1, 0.15) is 17.4 Å². The second-order valence-corrected chi connectivity index (χ2v) is 6.03. The maximum atomic E-state index is 9.53. The number of benzene rings is 1. The maximum Gasteiger partial charge on any atom is 0.140 e. The summed E-state index contributed by atoms with van der Waals surface area (Å²) in [5.41, 5.74) is 3.01. The summed E-state index contributed by atoms with van der Waals surface area (Å²) < 4.78 is 5.79. The molecule has 19 heavy (non-hydrogen) atoms. The number of aryl methyl sites for hydroxylation is 3. The van der Waals surface area contributed by atoms with Gasteiger partial charge in [-0.05, 0) is 51.0 Å². The summed E-state index contributed by atoms with van der Waals surface area (Å²) >= 11 is 1.67. The van der Waals surface area contributed by atoms with Crippen LogP contribution in [0.3, 0.4) is 0 Å². The minimum atomic E-state index is -0.447. The molecule has 1 aromatic heterocycles. The first-order chi connectivity index (χ1) is 8.97. The lowest BCUT2D eigenvalue weighted by atomic mass is 10.1. The average Bonchev–Trinajstić information content (AvgIpc) is 2.67. The number of aromatic nitrogens is 1. The van der Waals surface area contributed by atoms with Crippen molar-refractivity contribution >= 4 is 11.3 Å². The summed E-state index contributed by atoms with van der Waals surface area (Å²) in [7, 11) is 0. The zero-order chi connectivity index (χ0) is 14.0. The Morgan fingerprint density at radius 2 is 2.05 bits per heavy atom. The molecular formula is C15H19NO2S. The number of aliphatic hydroxyl groups is 1. The molecule has 0 bridgehead atoms. The number of nitrogens with zero attached hydrogens (tertiary/aromatic N) is 1. The number of ether oxygens (including phenoxy) is 1. The summed E-state index contributed by atoms with van der Waals surface area (Å²) in [6.07, 6.45) is -0.447. The summed E-state index contributed by atoms with van der Waals surface area (Å²) in [6, 6.07) is 5.76. The van der Waals surface area contributed by atoms with Crippen LogP contribution in [0.4, 0.5) is 0 Å². The minimum Gasteiger partial charge on any atom is -0.486 e. The lowest BCUT2D eigenvalue weighted by molar-refractivity contribution is 0.199. The number of thiazole rings is 1. The van der Waals surface area contributed by atoms with Gasteiger partial charge in [-0.25, -0.2) is 4.98 Å². The molecule has 1 heterocycles. The Labute approximate surface area is 117 Å². The van der Waals surface area contributed by atoms with Gasteiger partial charge in [0.15, 0.2) is 0 Å². The fraction of sp³-hybridized carbons (Fsp3) is 0.400. The van der Waals surface area contributed by atoms with Gasteiger partial charge >= 0.3 is 0 Å². The fourth-order valence-electron chi connectivity index (χ4n) is 1.83. The van der Waals surface area contributed by atoms with Crippen LogP contribution >= 0.6 is 11.3 Å². The van der Waals surface area contributed by atoms with Crippen molar-refractivity contribution in [2.24, 2.45) is 0 Å². The highest BCUT2D eigenvalue weighted by Crippen LogP contribution is 2.24. The van der Waals surface area contributed by atoms with Gasteiger partial charge in [0.2, 0.25) is 0 Å². The number of aliphatic hydroxyl groups excluding tert-OH is 1. The lowest BCUT2D eigenvalue weighted by Crippen LogP contribution is -1.98. The van der Waals surface area contributed by atoms with Gasteiger partial charge in [-0.2, -0.15) is 0 Å². The number of hydrogen-bond acceptors (Lipinski definition) is 4. The van der Waals surface area contributed by atoms with Crippen LogP contribution in [0.1, 0.15) is 39.7 Å². The summed E-state index contributed by atoms with van der Waals surface area (Å²) in [5.74, 6) is 0.843. The highest BCUT2D eigenvalue weighted by molar-refractivity contribution is 7.11. The molecule has 0 radical (unpaired) electrons. The fourth-order valence-corrected chi connectivity index (χ4v) is 2.68. The normalized spacial score (nSPS) is 12.5. The van der Waals surface area contributed by atoms with Crippen LogP contribution in [-0.4, -0.2) is 10.1 Å². The molecule has 2 aromatic rings. The first-order valence-electron chi connectivity index (χ1n) is 6.31. The molecular weight excluding hydrogens is 258 g/mol. The van der Waals surface area contributed by atoms with E-state index in [1.54, 1.807) is 18.3 Å². The van der Waals surface area contributed by atoms with E-state index >= 15 is 0 Å². The third-order valence-electron chi connectivity index (χ3n) is 3.11. The summed E-state index contributed by atoms with van der Waals surface area (Å²) in [6.45, 7) is 8.32. The van der Waals surface area contributed by atoms with E-state index in [4.69, 9.17) is 4.74 Å². The Kier molecular flexibility index (Phi) is 4.22. The maximum absolute atomic E-state index is 9.53. The largest absolute Gasteiger partial charge is 0.486 e. The molecule has 0 aliphatic carbocycles. The van der Waals surface area contributed by atoms with E-state index in [2.05, 4.69) is 11.9 Å². The van der Waals surface area contributed by atoms with Gasteiger partial charge in [0.05, 0.1) is 11.8 Å². The molecule has 0 aliphatic rings. The molecule has 1 N–H and O–H groups in total. The number of rotatable bonds is 4. The van der Waals surface area contributed by atoms with Gasteiger partial charge in [0, 0.05) is 4.88 Å². The third-order valence-corrected chi connectivity index (χ3v) is 4.15. The van der Waals surface area contributed by atoms with E-state index in [1.165, 1.54) is 4.88 Å². The Balaban J connectivity index is 2.07. The van der Waals surface area contributed by atoms with E-state index < -0.39 is 6.10 Å². The molecule has 0 spiro atoms. The first-order valence-corrected chi connectivity index (χ1v) is 7.13. The zero-order valence-electron chi connectivity index (χ0n) is 11.7. The van der Waals surface area contributed by atoms with Crippen LogP contribution in [-0.2, 0) is 6.61 Å². The average molecular weight is 277 g/mol. The first kappa shape index (κ1) is 14.0. The van der Waals surface area contributed by atoms with Crippen molar-refractivity contribution in [3.05, 3.63) is 44.9 Å². The molecule has 3 nitrogen and oxygen atoms in total. The second-order valence-electron chi connectivity index (χ2n) is 4.74. The predicted octanol–water partition coefficient (Wildman–Crippen LogP) is 3.70. The molecule has 0 saturated heterocycles. The van der Waals surface area contributed by atoms with E-state index in [0.717, 1.165) is 27.6 Å². The Bertz CT molecular complexity index is 556. The van der Waals surface area contributed by atoms with Crippen LogP contribution in [0.15, 0.2) is 18.2 Å². The van der Waals surface area contributed by atoms with Crippen molar-refractivity contribution in [3.63, 3.8) is 0 Å². The SMILES string of the molecule is Cc1cc([C@H](C)O)ccc1OCc1nc(C)c(C)s1. The Morgan fingerprint density at radius 3 is 2.58 bits per heavy atom. The van der Waals surface area contributed by atoms with Crippen LogP contribution in [0, 0.1) is 20.8 Å². The molecule has 1 atom stereocenters. The van der Waals surface area contributed by atoms with Gasteiger partial charge in [-0.15, -0.1) is 11.3 Å². The van der Waals surface area contributed by atoms with E-state index in [1.807, 2.05) is 32.0 Å². The molecule has 2 rings (SSSR count). The smallest absolute Gasteiger partial charge is 0.140 e. The van der Waals surface area contributed by atoms with Crippen molar-refractivity contribution in [1.82, 2.24) is 4.98 Å². The van der Waals surface area contributed by atoms with Crippen molar-refractivity contribution in [3.8, 4) is 5.75 Å². The second kappa shape index (κ2) is 5.72. The summed E-state index contributed by atoms with van der Waals surface area (Å²) in [4.78, 5) is 5.69. The molecule has 0 fully saturated rings. The van der Waals surface area contributed by atoms with Gasteiger partial charge in [0.25, 0.3) is 0 Å². The Hall–Kier alpha value is -1.39. The molecule has 0 unspecified atom stereocenters. The third kappa shape index (κ3) is 3.33. The predicted molar refractivity (Wildman–Crippen MR) is 77.7 cm³/mol. The quantitative estimate of drug-likeness (QED) is 0.926. The molecule has 0 aliphatic heterocycles. The van der Waals surface area contributed by atoms with Crippen LogP contribution < -0.4 is 4.74 Å². The van der Waals surface area contributed by atoms with Crippen LogP contribution in [0.5, 0.6) is 5.75 Å². The van der Waals surface area contributed by atoms with Crippen LogP contribution in [0.2, 0.25) is 0 Å². The van der Waals surface area contributed by atoms with Gasteiger partial charge in [-0.1, -0.05) is 6.07 Å². The van der Waals surface area contributed by atoms with Crippen molar-refractivity contribution in [2.75, 3.05) is 0 Å². The molecule has 4 heteroatoms. The highest BCUT2D eigenvalue weighted by atomic mass is 32.1. The Morgan fingerprint density at radius 1 is 1.32 bits per heavy atom. The van der Waals surface area contributed by atoms with Crippen LogP contribution in [0.25, 0.3) is 0 Å². The highest BCUT2D eigenvalue weighted by Gasteiger charge is 2.07.